The molecule has 3 heteroatoms. The fourth-order valence-corrected chi connectivity index (χ4v) is 1.94. The number of halogens is 1. The largest absolute Gasteiger partial charge is 0.197 e. The van der Waals surface area contributed by atoms with E-state index in [0.717, 1.165) is 12.0 Å². The van der Waals surface area contributed by atoms with Crippen molar-refractivity contribution in [3.05, 3.63) is 29.8 Å². The fourth-order valence-electron chi connectivity index (χ4n) is 1.52. The summed E-state index contributed by atoms with van der Waals surface area (Å²) in [6.45, 7) is 0. The van der Waals surface area contributed by atoms with Crippen LogP contribution < -0.4 is 5.46 Å². The number of hydrogen-bond acceptors (Lipinski definition) is 1. The highest BCUT2D eigenvalue weighted by atomic mass is 35.5. The van der Waals surface area contributed by atoms with Crippen LogP contribution in [0.1, 0.15) is 12.0 Å². The van der Waals surface area contributed by atoms with Gasteiger partial charge in [0.15, 0.2) is 0 Å². The summed E-state index contributed by atoms with van der Waals surface area (Å²) in [6.07, 6.45) is 0.731. The smallest absolute Gasteiger partial charge is 0.113 e. The van der Waals surface area contributed by atoms with Gasteiger partial charge in [0.1, 0.15) is 7.85 Å². The Balaban J connectivity index is 2.42. The van der Waals surface area contributed by atoms with Crippen LogP contribution in [0.5, 0.6) is 0 Å². The first-order chi connectivity index (χ1) is 6.19. The summed E-state index contributed by atoms with van der Waals surface area (Å²) < 4.78 is 0. The molecule has 2 unspecified atom stereocenters. The summed E-state index contributed by atoms with van der Waals surface area (Å²) in [5.41, 5.74) is 1.15. The molecule has 1 nitrogen and oxygen atoms in total. The van der Waals surface area contributed by atoms with E-state index in [-0.39, 0.29) is 5.38 Å². The third-order valence-electron chi connectivity index (χ3n) is 2.48. The van der Waals surface area contributed by atoms with Crippen LogP contribution in [0.2, 0.25) is 0 Å². The van der Waals surface area contributed by atoms with E-state index in [0.29, 0.717) is 5.46 Å². The Morgan fingerprint density at radius 1 is 1.62 bits per heavy atom. The van der Waals surface area contributed by atoms with Gasteiger partial charge in [-0.05, 0) is 12.0 Å². The molecule has 0 N–H and O–H groups in total. The lowest BCUT2D eigenvalue weighted by Crippen LogP contribution is -2.11. The number of nitriles is 1. The number of nitrogens with zero attached hydrogens (tertiary/aromatic N) is 1. The van der Waals surface area contributed by atoms with E-state index in [9.17, 15) is 0 Å². The lowest BCUT2D eigenvalue weighted by Gasteiger charge is -2.07. The van der Waals surface area contributed by atoms with Gasteiger partial charge in [0.05, 0.1) is 16.9 Å². The van der Waals surface area contributed by atoms with Gasteiger partial charge in [-0.1, -0.05) is 29.7 Å². The molecule has 0 aromatic heterocycles. The first-order valence-corrected chi connectivity index (χ1v) is 4.54. The standard InChI is InChI=1S/C10H7BClN/c11-8-3-1-2-7(4-8)10(6-13)5-9(10)12/h1-4,9H,5H2. The summed E-state index contributed by atoms with van der Waals surface area (Å²) in [5.74, 6) is 0. The van der Waals surface area contributed by atoms with E-state index in [1.165, 1.54) is 0 Å². The Bertz CT molecular complexity index is 385. The third kappa shape index (κ3) is 1.24. The number of benzene rings is 1. The van der Waals surface area contributed by atoms with Crippen molar-refractivity contribution < 1.29 is 0 Å². The van der Waals surface area contributed by atoms with Crippen LogP contribution in [0.4, 0.5) is 0 Å². The second kappa shape index (κ2) is 2.78. The first-order valence-electron chi connectivity index (χ1n) is 4.10. The molecule has 62 valence electrons. The van der Waals surface area contributed by atoms with Crippen LogP contribution in [0.3, 0.4) is 0 Å². The molecular formula is C10H7BClN. The average molecular weight is 187 g/mol. The van der Waals surface area contributed by atoms with E-state index in [1.54, 1.807) is 6.07 Å². The summed E-state index contributed by atoms with van der Waals surface area (Å²) in [5, 5.41) is 8.94. The Morgan fingerprint density at radius 3 is 2.77 bits per heavy atom. The second-order valence-corrected chi connectivity index (χ2v) is 3.91. The Kier molecular flexibility index (Phi) is 1.85. The average Bonchev–Trinajstić information content (AvgIpc) is 2.78. The molecule has 2 rings (SSSR count). The Hall–Kier alpha value is -0.935. The van der Waals surface area contributed by atoms with Gasteiger partial charge >= 0.3 is 0 Å². The zero-order valence-electron chi connectivity index (χ0n) is 7.00. The summed E-state index contributed by atoms with van der Waals surface area (Å²) in [4.78, 5) is 0. The second-order valence-electron chi connectivity index (χ2n) is 3.38. The van der Waals surface area contributed by atoms with Crippen molar-refractivity contribution in [1.82, 2.24) is 0 Å². The zero-order chi connectivity index (χ0) is 9.47. The van der Waals surface area contributed by atoms with Crippen LogP contribution in [0.15, 0.2) is 24.3 Å². The number of hydrogen-bond donors (Lipinski definition) is 0. The predicted molar refractivity (Wildman–Crippen MR) is 53.4 cm³/mol. The maximum absolute atomic E-state index is 9.00. The van der Waals surface area contributed by atoms with Gasteiger partial charge in [-0.25, -0.2) is 0 Å². The lowest BCUT2D eigenvalue weighted by atomic mass is 9.89. The quantitative estimate of drug-likeness (QED) is 0.480. The minimum atomic E-state index is -0.475. The molecule has 2 atom stereocenters. The molecule has 1 fully saturated rings. The normalized spacial score (nSPS) is 30.9. The van der Waals surface area contributed by atoms with Gasteiger partial charge in [-0.2, -0.15) is 5.26 Å². The van der Waals surface area contributed by atoms with Crippen molar-refractivity contribution in [2.75, 3.05) is 0 Å². The van der Waals surface area contributed by atoms with E-state index >= 15 is 0 Å². The maximum atomic E-state index is 9.00. The highest BCUT2D eigenvalue weighted by Crippen LogP contribution is 2.51. The van der Waals surface area contributed by atoms with Crippen molar-refractivity contribution >= 4 is 24.9 Å². The van der Waals surface area contributed by atoms with E-state index in [4.69, 9.17) is 24.7 Å². The maximum Gasteiger partial charge on any atom is 0.113 e. The van der Waals surface area contributed by atoms with Gasteiger partial charge in [0.25, 0.3) is 0 Å². The fraction of sp³-hybridized carbons (Fsp3) is 0.300. The molecule has 1 aromatic carbocycles. The van der Waals surface area contributed by atoms with E-state index < -0.39 is 5.41 Å². The topological polar surface area (TPSA) is 23.8 Å². The highest BCUT2D eigenvalue weighted by molar-refractivity contribution is 6.32. The van der Waals surface area contributed by atoms with Crippen LogP contribution in [0.25, 0.3) is 0 Å². The van der Waals surface area contributed by atoms with E-state index in [2.05, 4.69) is 6.07 Å². The SMILES string of the molecule is [B]c1cccc(C2(C#N)CC2Cl)c1. The zero-order valence-corrected chi connectivity index (χ0v) is 7.75. The molecule has 1 aliphatic rings. The monoisotopic (exact) mass is 187 g/mol. The van der Waals surface area contributed by atoms with Gasteiger partial charge in [-0.3, -0.25) is 0 Å². The molecule has 1 aliphatic carbocycles. The molecule has 1 aromatic rings. The predicted octanol–water partition coefficient (Wildman–Crippen LogP) is 1.25. The van der Waals surface area contributed by atoms with Gasteiger partial charge in [-0.15, -0.1) is 11.6 Å². The molecule has 0 heterocycles. The molecule has 13 heavy (non-hydrogen) atoms. The van der Waals surface area contributed by atoms with Crippen LogP contribution in [-0.4, -0.2) is 13.2 Å². The molecule has 0 bridgehead atoms. The third-order valence-corrected chi connectivity index (χ3v) is 3.00. The molecule has 0 amide bonds. The molecule has 2 radical (unpaired) electrons. The lowest BCUT2D eigenvalue weighted by molar-refractivity contribution is 0.912. The molecule has 1 saturated carbocycles. The van der Waals surface area contributed by atoms with Crippen LogP contribution >= 0.6 is 11.6 Å². The van der Waals surface area contributed by atoms with Gasteiger partial charge < -0.3 is 0 Å². The summed E-state index contributed by atoms with van der Waals surface area (Å²) in [7, 11) is 5.63. The minimum Gasteiger partial charge on any atom is -0.197 e. The van der Waals surface area contributed by atoms with Gasteiger partial charge in [0, 0.05) is 0 Å². The first kappa shape index (κ1) is 8.65. The Labute approximate surface area is 83.7 Å². The molecular weight excluding hydrogens is 180 g/mol. The van der Waals surface area contributed by atoms with Crippen LogP contribution in [-0.2, 0) is 5.41 Å². The van der Waals surface area contributed by atoms with Crippen LogP contribution in [0, 0.1) is 11.3 Å². The van der Waals surface area contributed by atoms with Crippen molar-refractivity contribution in [2.45, 2.75) is 17.2 Å². The van der Waals surface area contributed by atoms with E-state index in [1.807, 2.05) is 18.2 Å². The minimum absolute atomic E-state index is 0.0562. The number of rotatable bonds is 1. The van der Waals surface area contributed by atoms with Crippen molar-refractivity contribution in [1.29, 1.82) is 5.26 Å². The summed E-state index contributed by atoms with van der Waals surface area (Å²) in [6, 6.07) is 9.65. The molecule has 0 spiro atoms. The van der Waals surface area contributed by atoms with Gasteiger partial charge in [0.2, 0.25) is 0 Å². The molecule has 0 aliphatic heterocycles. The summed E-state index contributed by atoms with van der Waals surface area (Å²) >= 11 is 5.93. The number of alkyl halides is 1. The van der Waals surface area contributed by atoms with Crippen molar-refractivity contribution in [2.24, 2.45) is 0 Å². The van der Waals surface area contributed by atoms with Crippen molar-refractivity contribution in [3.63, 3.8) is 0 Å². The molecule has 0 saturated heterocycles. The highest BCUT2D eigenvalue weighted by Gasteiger charge is 2.55. The Morgan fingerprint density at radius 2 is 2.31 bits per heavy atom. The van der Waals surface area contributed by atoms with Crippen molar-refractivity contribution in [3.8, 4) is 6.07 Å².